The van der Waals surface area contributed by atoms with E-state index in [0.717, 1.165) is 6.07 Å². The van der Waals surface area contributed by atoms with E-state index in [4.69, 9.17) is 11.5 Å². The highest BCUT2D eigenvalue weighted by Crippen LogP contribution is 2.16. The smallest absolute Gasteiger partial charge is 0.248 e. The van der Waals surface area contributed by atoms with E-state index in [-0.39, 0.29) is 11.6 Å². The number of amides is 1. The van der Waals surface area contributed by atoms with Crippen LogP contribution in [0.1, 0.15) is 17.3 Å². The lowest BCUT2D eigenvalue weighted by Crippen LogP contribution is -2.25. The van der Waals surface area contributed by atoms with Gasteiger partial charge in [0.15, 0.2) is 0 Å². The fraction of sp³-hybridized carbons (Fsp3) is 0.300. The Labute approximate surface area is 87.4 Å². The SMILES string of the molecule is CC(CN)Nc1ccc(C(N)=O)cc1F. The monoisotopic (exact) mass is 211 g/mol. The van der Waals surface area contributed by atoms with Crippen LogP contribution in [-0.4, -0.2) is 18.5 Å². The number of primary amides is 1. The number of benzene rings is 1. The second-order valence-corrected chi connectivity index (χ2v) is 3.34. The van der Waals surface area contributed by atoms with Gasteiger partial charge < -0.3 is 16.8 Å². The molecular weight excluding hydrogens is 197 g/mol. The van der Waals surface area contributed by atoms with Crippen molar-refractivity contribution in [2.24, 2.45) is 11.5 Å². The van der Waals surface area contributed by atoms with Crippen molar-refractivity contribution < 1.29 is 9.18 Å². The summed E-state index contributed by atoms with van der Waals surface area (Å²) in [5, 5.41) is 2.87. The van der Waals surface area contributed by atoms with Crippen LogP contribution in [0.15, 0.2) is 18.2 Å². The third-order valence-electron chi connectivity index (χ3n) is 2.01. The highest BCUT2D eigenvalue weighted by atomic mass is 19.1. The predicted molar refractivity (Wildman–Crippen MR) is 57.1 cm³/mol. The third kappa shape index (κ3) is 2.92. The first-order valence-corrected chi connectivity index (χ1v) is 4.60. The number of nitrogens with two attached hydrogens (primary N) is 2. The summed E-state index contributed by atoms with van der Waals surface area (Å²) < 4.78 is 13.4. The predicted octanol–water partition coefficient (Wildman–Crippen LogP) is 0.684. The van der Waals surface area contributed by atoms with Crippen LogP contribution >= 0.6 is 0 Å². The van der Waals surface area contributed by atoms with Gasteiger partial charge in [-0.25, -0.2) is 4.39 Å². The van der Waals surface area contributed by atoms with E-state index in [9.17, 15) is 9.18 Å². The quantitative estimate of drug-likeness (QED) is 0.685. The minimum atomic E-state index is -0.646. The Morgan fingerprint density at radius 1 is 1.60 bits per heavy atom. The second kappa shape index (κ2) is 4.75. The van der Waals surface area contributed by atoms with E-state index < -0.39 is 11.7 Å². The number of carbonyl (C=O) groups excluding carboxylic acids is 1. The number of nitrogens with one attached hydrogen (secondary N) is 1. The molecule has 0 bridgehead atoms. The second-order valence-electron chi connectivity index (χ2n) is 3.34. The van der Waals surface area contributed by atoms with E-state index >= 15 is 0 Å². The molecule has 0 aliphatic rings. The van der Waals surface area contributed by atoms with Crippen LogP contribution in [-0.2, 0) is 0 Å². The molecule has 1 unspecified atom stereocenters. The molecule has 0 radical (unpaired) electrons. The molecule has 0 aromatic heterocycles. The molecule has 1 aromatic carbocycles. The van der Waals surface area contributed by atoms with Crippen molar-refractivity contribution in [2.75, 3.05) is 11.9 Å². The fourth-order valence-electron chi connectivity index (χ4n) is 1.11. The Morgan fingerprint density at radius 2 is 2.27 bits per heavy atom. The van der Waals surface area contributed by atoms with Gasteiger partial charge in [0.25, 0.3) is 0 Å². The van der Waals surface area contributed by atoms with Gasteiger partial charge in [0.2, 0.25) is 5.91 Å². The molecule has 0 spiro atoms. The molecular formula is C10H14FN3O. The fourth-order valence-corrected chi connectivity index (χ4v) is 1.11. The van der Waals surface area contributed by atoms with E-state index in [1.807, 2.05) is 6.92 Å². The van der Waals surface area contributed by atoms with Gasteiger partial charge in [-0.3, -0.25) is 4.79 Å². The highest BCUT2D eigenvalue weighted by molar-refractivity contribution is 5.93. The van der Waals surface area contributed by atoms with Crippen molar-refractivity contribution in [3.8, 4) is 0 Å². The van der Waals surface area contributed by atoms with Crippen LogP contribution in [0.3, 0.4) is 0 Å². The van der Waals surface area contributed by atoms with E-state index in [1.165, 1.54) is 12.1 Å². The van der Waals surface area contributed by atoms with Crippen LogP contribution in [0.4, 0.5) is 10.1 Å². The molecule has 5 N–H and O–H groups in total. The standard InChI is InChI=1S/C10H14FN3O/c1-6(5-12)14-9-3-2-7(10(13)15)4-8(9)11/h2-4,6,14H,5,12H2,1H3,(H2,13,15). The van der Waals surface area contributed by atoms with Crippen molar-refractivity contribution in [2.45, 2.75) is 13.0 Å². The Hall–Kier alpha value is -1.62. The third-order valence-corrected chi connectivity index (χ3v) is 2.01. The maximum absolute atomic E-state index is 13.4. The summed E-state index contributed by atoms with van der Waals surface area (Å²) >= 11 is 0. The molecule has 1 aromatic rings. The van der Waals surface area contributed by atoms with Crippen molar-refractivity contribution in [1.82, 2.24) is 0 Å². The molecule has 4 nitrogen and oxygen atoms in total. The molecule has 0 aliphatic carbocycles. The maximum Gasteiger partial charge on any atom is 0.248 e. The topological polar surface area (TPSA) is 81.1 Å². The van der Waals surface area contributed by atoms with Crippen LogP contribution in [0.5, 0.6) is 0 Å². The molecule has 15 heavy (non-hydrogen) atoms. The normalized spacial score (nSPS) is 12.2. The van der Waals surface area contributed by atoms with Gasteiger partial charge in [0, 0.05) is 18.2 Å². The molecule has 0 saturated heterocycles. The summed E-state index contributed by atoms with van der Waals surface area (Å²) in [4.78, 5) is 10.8. The van der Waals surface area contributed by atoms with Gasteiger partial charge in [-0.1, -0.05) is 0 Å². The molecule has 5 heteroatoms. The molecule has 0 fully saturated rings. The summed E-state index contributed by atoms with van der Waals surface area (Å²) in [6.45, 7) is 2.23. The van der Waals surface area contributed by atoms with Gasteiger partial charge >= 0.3 is 0 Å². The average Bonchev–Trinajstić information content (AvgIpc) is 2.20. The summed E-state index contributed by atoms with van der Waals surface area (Å²) in [6, 6.07) is 4.02. The Balaban J connectivity index is 2.88. The lowest BCUT2D eigenvalue weighted by Gasteiger charge is -2.13. The Morgan fingerprint density at radius 3 is 2.73 bits per heavy atom. The lowest BCUT2D eigenvalue weighted by molar-refractivity contribution is 0.1000. The molecule has 82 valence electrons. The zero-order valence-electron chi connectivity index (χ0n) is 8.46. The van der Waals surface area contributed by atoms with Crippen molar-refractivity contribution >= 4 is 11.6 Å². The number of halogens is 1. The number of carbonyl (C=O) groups is 1. The van der Waals surface area contributed by atoms with Crippen molar-refractivity contribution in [3.63, 3.8) is 0 Å². The zero-order valence-corrected chi connectivity index (χ0v) is 8.46. The van der Waals surface area contributed by atoms with Crippen LogP contribution < -0.4 is 16.8 Å². The Bertz CT molecular complexity index is 368. The zero-order chi connectivity index (χ0) is 11.4. The molecule has 0 saturated carbocycles. The molecule has 0 aliphatic heterocycles. The van der Waals surface area contributed by atoms with Gasteiger partial charge in [0.05, 0.1) is 5.69 Å². The first kappa shape index (κ1) is 11.5. The minimum Gasteiger partial charge on any atom is -0.379 e. The van der Waals surface area contributed by atoms with Crippen molar-refractivity contribution in [1.29, 1.82) is 0 Å². The van der Waals surface area contributed by atoms with Crippen LogP contribution in [0.2, 0.25) is 0 Å². The Kier molecular flexibility index (Phi) is 3.62. The molecule has 1 rings (SSSR count). The van der Waals surface area contributed by atoms with Crippen LogP contribution in [0, 0.1) is 5.82 Å². The highest BCUT2D eigenvalue weighted by Gasteiger charge is 2.08. The largest absolute Gasteiger partial charge is 0.379 e. The van der Waals surface area contributed by atoms with Crippen LogP contribution in [0.25, 0.3) is 0 Å². The van der Waals surface area contributed by atoms with E-state index in [0.29, 0.717) is 12.2 Å². The molecule has 0 heterocycles. The van der Waals surface area contributed by atoms with Gasteiger partial charge in [-0.15, -0.1) is 0 Å². The van der Waals surface area contributed by atoms with Gasteiger partial charge in [0.1, 0.15) is 5.82 Å². The molecule has 1 atom stereocenters. The first-order valence-electron chi connectivity index (χ1n) is 4.60. The summed E-state index contributed by atoms with van der Waals surface area (Å²) in [6.07, 6.45) is 0. The van der Waals surface area contributed by atoms with Gasteiger partial charge in [-0.2, -0.15) is 0 Å². The number of rotatable bonds is 4. The number of hydrogen-bond acceptors (Lipinski definition) is 3. The minimum absolute atomic E-state index is 0.0288. The molecule has 1 amide bonds. The summed E-state index contributed by atoms with van der Waals surface area (Å²) in [5.41, 5.74) is 10.9. The first-order chi connectivity index (χ1) is 7.04. The number of hydrogen-bond donors (Lipinski definition) is 3. The van der Waals surface area contributed by atoms with E-state index in [2.05, 4.69) is 5.32 Å². The summed E-state index contributed by atoms with van der Waals surface area (Å²) in [5.74, 6) is -1.15. The lowest BCUT2D eigenvalue weighted by atomic mass is 10.2. The average molecular weight is 211 g/mol. The number of anilines is 1. The maximum atomic E-state index is 13.4. The van der Waals surface area contributed by atoms with Gasteiger partial charge in [-0.05, 0) is 25.1 Å². The van der Waals surface area contributed by atoms with Crippen molar-refractivity contribution in [3.05, 3.63) is 29.6 Å². The summed E-state index contributed by atoms with van der Waals surface area (Å²) in [7, 11) is 0. The van der Waals surface area contributed by atoms with E-state index in [1.54, 1.807) is 0 Å².